The monoisotopic (exact) mass is 431 g/mol. The van der Waals surface area contributed by atoms with Gasteiger partial charge in [0.05, 0.1) is 11.4 Å². The summed E-state index contributed by atoms with van der Waals surface area (Å²) < 4.78 is 33.6. The van der Waals surface area contributed by atoms with Crippen LogP contribution in [0.25, 0.3) is 10.9 Å². The number of primary amides is 1. The number of benzene rings is 1. The first-order valence-electron chi connectivity index (χ1n) is 10.2. The smallest absolute Gasteiger partial charge is 0.311 e. The zero-order valence-corrected chi connectivity index (χ0v) is 17.4. The number of ether oxygens (including phenoxy) is 1. The van der Waals surface area contributed by atoms with Gasteiger partial charge >= 0.3 is 5.97 Å². The average molecular weight is 432 g/mol. The minimum atomic E-state index is -3.84. The summed E-state index contributed by atoms with van der Waals surface area (Å²) in [5.74, 6) is -1.81. The van der Waals surface area contributed by atoms with E-state index in [-0.39, 0.29) is 11.4 Å². The number of hydrogen-bond donors (Lipinski definition) is 1. The molecule has 4 rings (SSSR count). The summed E-state index contributed by atoms with van der Waals surface area (Å²) in [4.78, 5) is 29.1. The van der Waals surface area contributed by atoms with Crippen molar-refractivity contribution in [2.45, 2.75) is 49.0 Å². The summed E-state index contributed by atoms with van der Waals surface area (Å²) >= 11 is 0. The van der Waals surface area contributed by atoms with Gasteiger partial charge in [-0.25, -0.2) is 8.42 Å². The number of amides is 1. The van der Waals surface area contributed by atoms with E-state index in [1.807, 2.05) is 12.1 Å². The lowest BCUT2D eigenvalue weighted by molar-refractivity contribution is -0.171. The predicted molar refractivity (Wildman–Crippen MR) is 110 cm³/mol. The third-order valence-corrected chi connectivity index (χ3v) is 7.98. The number of carbonyl (C=O) groups excluding carboxylic acids is 2. The molecule has 1 amide bonds. The number of carbonyl (C=O) groups is 2. The van der Waals surface area contributed by atoms with Gasteiger partial charge in [0.1, 0.15) is 4.90 Å². The molecule has 1 saturated carbocycles. The van der Waals surface area contributed by atoms with Gasteiger partial charge in [-0.05, 0) is 50.7 Å². The highest BCUT2D eigenvalue weighted by molar-refractivity contribution is 7.89. The highest BCUT2D eigenvalue weighted by Crippen LogP contribution is 2.35. The molecule has 1 aromatic carbocycles. The number of nitrogens with two attached hydrogens (primary N) is 1. The molecule has 0 bridgehead atoms. The summed E-state index contributed by atoms with van der Waals surface area (Å²) in [5.41, 5.74) is 4.66. The molecule has 160 valence electrons. The highest BCUT2D eigenvalue weighted by Gasteiger charge is 2.45. The molecule has 2 heterocycles. The van der Waals surface area contributed by atoms with Crippen LogP contribution in [0, 0.1) is 5.92 Å². The quantitative estimate of drug-likeness (QED) is 0.723. The Bertz CT molecular complexity index is 1070. The van der Waals surface area contributed by atoms with Crippen LogP contribution in [-0.4, -0.2) is 48.3 Å². The molecule has 1 aliphatic heterocycles. The minimum Gasteiger partial charge on any atom is -0.449 e. The number of hydrogen-bond acceptors (Lipinski definition) is 6. The maximum absolute atomic E-state index is 13.3. The number of sulfonamides is 1. The van der Waals surface area contributed by atoms with Gasteiger partial charge in [-0.2, -0.15) is 4.31 Å². The first-order valence-corrected chi connectivity index (χ1v) is 11.6. The Kier molecular flexibility index (Phi) is 5.50. The molecule has 1 unspecified atom stereocenters. The maximum atomic E-state index is 13.3. The van der Waals surface area contributed by atoms with Crippen molar-refractivity contribution in [1.29, 1.82) is 0 Å². The van der Waals surface area contributed by atoms with Gasteiger partial charge < -0.3 is 10.5 Å². The number of pyridine rings is 1. The molecular weight excluding hydrogens is 406 g/mol. The zero-order valence-electron chi connectivity index (χ0n) is 16.6. The van der Waals surface area contributed by atoms with E-state index in [1.54, 1.807) is 18.3 Å². The topological polar surface area (TPSA) is 120 Å². The van der Waals surface area contributed by atoms with E-state index in [2.05, 4.69) is 4.98 Å². The number of esters is 1. The van der Waals surface area contributed by atoms with Crippen molar-refractivity contribution >= 4 is 32.8 Å². The molecule has 1 aromatic heterocycles. The molecule has 30 heavy (non-hydrogen) atoms. The molecule has 2 fully saturated rings. The van der Waals surface area contributed by atoms with Crippen molar-refractivity contribution in [1.82, 2.24) is 9.29 Å². The van der Waals surface area contributed by atoms with Crippen LogP contribution in [0.1, 0.15) is 38.5 Å². The SMILES string of the molecule is NC(=O)C1(OC(=O)C2CCCN(S(=O)(=O)c3cccc4cccnc34)C2)CCCC1. The molecule has 1 saturated heterocycles. The van der Waals surface area contributed by atoms with Crippen LogP contribution in [0.5, 0.6) is 0 Å². The summed E-state index contributed by atoms with van der Waals surface area (Å²) in [6, 6.07) is 8.59. The van der Waals surface area contributed by atoms with Crippen molar-refractivity contribution in [3.63, 3.8) is 0 Å². The normalized spacial score (nSPS) is 22.1. The number of nitrogens with zero attached hydrogens (tertiary/aromatic N) is 2. The molecule has 8 nitrogen and oxygen atoms in total. The summed E-state index contributed by atoms with van der Waals surface area (Å²) in [6.07, 6.45) is 4.98. The van der Waals surface area contributed by atoms with Crippen LogP contribution in [-0.2, 0) is 24.3 Å². The molecule has 1 atom stereocenters. The van der Waals surface area contributed by atoms with Crippen molar-refractivity contribution < 1.29 is 22.7 Å². The molecule has 2 N–H and O–H groups in total. The third-order valence-electron chi connectivity index (χ3n) is 6.09. The Hall–Kier alpha value is -2.52. The number of piperidine rings is 1. The molecule has 2 aromatic rings. The lowest BCUT2D eigenvalue weighted by Crippen LogP contribution is -2.49. The first-order chi connectivity index (χ1) is 14.3. The van der Waals surface area contributed by atoms with Crippen molar-refractivity contribution in [3.8, 4) is 0 Å². The second kappa shape index (κ2) is 7.96. The fourth-order valence-electron chi connectivity index (χ4n) is 4.40. The van der Waals surface area contributed by atoms with Crippen molar-refractivity contribution in [2.75, 3.05) is 13.1 Å². The number of aromatic nitrogens is 1. The largest absolute Gasteiger partial charge is 0.449 e. The number of para-hydroxylation sites is 1. The van der Waals surface area contributed by atoms with Crippen LogP contribution >= 0.6 is 0 Å². The standard InChI is InChI=1S/C21H25N3O5S/c22-20(26)21(10-1-2-11-21)29-19(25)16-8-5-13-24(14-16)30(27,28)17-9-3-6-15-7-4-12-23-18(15)17/h3-4,6-7,9,12,16H,1-2,5,8,10-11,13-14H2,(H2,22,26). The molecule has 9 heteroatoms. The molecule has 0 spiro atoms. The van der Waals surface area contributed by atoms with Gasteiger partial charge in [0, 0.05) is 24.7 Å². The van der Waals surface area contributed by atoms with Gasteiger partial charge in [-0.15, -0.1) is 0 Å². The lowest BCUT2D eigenvalue weighted by atomic mass is 9.97. The summed E-state index contributed by atoms with van der Waals surface area (Å²) in [5, 5.41) is 0.733. The number of rotatable bonds is 5. The Morgan fingerprint density at radius 1 is 1.13 bits per heavy atom. The van der Waals surface area contributed by atoms with Gasteiger partial charge in [-0.3, -0.25) is 14.6 Å². The van der Waals surface area contributed by atoms with E-state index >= 15 is 0 Å². The maximum Gasteiger partial charge on any atom is 0.311 e. The third kappa shape index (κ3) is 3.67. The molecule has 1 aliphatic carbocycles. The van der Waals surface area contributed by atoms with Crippen molar-refractivity contribution in [3.05, 3.63) is 36.5 Å². The van der Waals surface area contributed by atoms with Crippen LogP contribution < -0.4 is 5.73 Å². The molecule has 2 aliphatic rings. The Morgan fingerprint density at radius 2 is 1.87 bits per heavy atom. The average Bonchev–Trinajstić information content (AvgIpc) is 3.23. The van der Waals surface area contributed by atoms with E-state index in [1.165, 1.54) is 10.4 Å². The Balaban J connectivity index is 1.56. The summed E-state index contributed by atoms with van der Waals surface area (Å²) in [6.45, 7) is 0.329. The van der Waals surface area contributed by atoms with Gasteiger partial charge in [0.15, 0.2) is 5.60 Å². The second-order valence-electron chi connectivity index (χ2n) is 8.02. The fourth-order valence-corrected chi connectivity index (χ4v) is 6.09. The molecular formula is C21H25N3O5S. The van der Waals surface area contributed by atoms with E-state index in [0.29, 0.717) is 37.7 Å². The van der Waals surface area contributed by atoms with Gasteiger partial charge in [0.2, 0.25) is 10.0 Å². The second-order valence-corrected chi connectivity index (χ2v) is 9.93. The molecule has 0 radical (unpaired) electrons. The van der Waals surface area contributed by atoms with Crippen LogP contribution in [0.2, 0.25) is 0 Å². The zero-order chi connectivity index (χ0) is 21.4. The van der Waals surface area contributed by atoms with Gasteiger partial charge in [0.25, 0.3) is 5.91 Å². The van der Waals surface area contributed by atoms with Gasteiger partial charge in [-0.1, -0.05) is 18.2 Å². The highest BCUT2D eigenvalue weighted by atomic mass is 32.2. The van der Waals surface area contributed by atoms with Crippen molar-refractivity contribution in [2.24, 2.45) is 11.7 Å². The fraction of sp³-hybridized carbons (Fsp3) is 0.476. The predicted octanol–water partition coefficient (Wildman–Crippen LogP) is 1.98. The van der Waals surface area contributed by atoms with Crippen LogP contribution in [0.3, 0.4) is 0 Å². The minimum absolute atomic E-state index is 0.0131. The summed E-state index contributed by atoms with van der Waals surface area (Å²) in [7, 11) is -3.84. The van der Waals surface area contributed by atoms with E-state index < -0.39 is 33.4 Å². The van der Waals surface area contributed by atoms with Crippen LogP contribution in [0.4, 0.5) is 0 Å². The van der Waals surface area contributed by atoms with E-state index in [4.69, 9.17) is 10.5 Å². The lowest BCUT2D eigenvalue weighted by Gasteiger charge is -2.33. The van der Waals surface area contributed by atoms with Crippen LogP contribution in [0.15, 0.2) is 41.4 Å². The Labute approximate surface area is 175 Å². The number of fused-ring (bicyclic) bond motifs is 1. The Morgan fingerprint density at radius 3 is 2.60 bits per heavy atom. The van der Waals surface area contributed by atoms with E-state index in [9.17, 15) is 18.0 Å². The van der Waals surface area contributed by atoms with E-state index in [0.717, 1.165) is 18.2 Å². The first kappa shape index (κ1) is 20.7.